The highest BCUT2D eigenvalue weighted by Gasteiger charge is 2.19. The third-order valence-corrected chi connectivity index (χ3v) is 11.3. The number of hydrogen-bond donors (Lipinski definition) is 0. The molecule has 0 radical (unpaired) electrons. The Morgan fingerprint density at radius 2 is 0.629 bits per heavy atom. The smallest absolute Gasteiger partial charge is 0.306 e. The quantitative estimate of drug-likeness (QED) is 0.0262. The molecule has 0 aromatic heterocycles. The summed E-state index contributed by atoms with van der Waals surface area (Å²) < 4.78 is 16.8. The summed E-state index contributed by atoms with van der Waals surface area (Å²) in [6.07, 6.45) is 62.0. The van der Waals surface area contributed by atoms with E-state index >= 15 is 0 Å². The molecule has 0 aliphatic carbocycles. The van der Waals surface area contributed by atoms with E-state index in [9.17, 15) is 14.4 Å². The van der Waals surface area contributed by atoms with Gasteiger partial charge in [0, 0.05) is 19.3 Å². The van der Waals surface area contributed by atoms with Gasteiger partial charge >= 0.3 is 17.9 Å². The predicted molar refractivity (Wildman–Crippen MR) is 265 cm³/mol. The van der Waals surface area contributed by atoms with Crippen LogP contribution in [0.15, 0.2) is 60.8 Å². The summed E-state index contributed by atoms with van der Waals surface area (Å²) in [6.45, 7) is 6.49. The van der Waals surface area contributed by atoms with Crippen molar-refractivity contribution >= 4 is 17.9 Å². The lowest BCUT2D eigenvalue weighted by Gasteiger charge is -2.18. The number of hydrogen-bond acceptors (Lipinski definition) is 6. The third-order valence-electron chi connectivity index (χ3n) is 11.3. The standard InChI is InChI=1S/C56H98O6/c1-4-7-10-13-16-19-21-23-25-27-29-30-32-34-37-40-43-46-49-55(58)61-52-53(51-60-54(57)48-45-42-39-36-18-15-12-9-6-3)62-56(59)50-47-44-41-38-35-33-31-28-26-24-22-20-17-14-11-8-5-2/h8,11,17,19-21,24-27,53H,4-7,9-10,12-16,18,22-23,28-52H2,1-3H3/b11-8-,20-17-,21-19-,26-24-,27-25-. The Morgan fingerprint density at radius 3 is 1.00 bits per heavy atom. The molecule has 0 aliphatic heterocycles. The topological polar surface area (TPSA) is 78.9 Å². The minimum atomic E-state index is -0.779. The predicted octanol–water partition coefficient (Wildman–Crippen LogP) is 17.3. The summed E-state index contributed by atoms with van der Waals surface area (Å²) in [5.74, 6) is -0.895. The van der Waals surface area contributed by atoms with Gasteiger partial charge < -0.3 is 14.2 Å². The van der Waals surface area contributed by atoms with Crippen LogP contribution in [0.2, 0.25) is 0 Å². The van der Waals surface area contributed by atoms with Crippen molar-refractivity contribution < 1.29 is 28.6 Å². The summed E-state index contributed by atoms with van der Waals surface area (Å²) in [6, 6.07) is 0. The van der Waals surface area contributed by atoms with Crippen molar-refractivity contribution in [1.82, 2.24) is 0 Å². The number of unbranched alkanes of at least 4 members (excludes halogenated alkanes) is 26. The maximum absolute atomic E-state index is 12.8. The lowest BCUT2D eigenvalue weighted by atomic mass is 10.1. The second-order valence-corrected chi connectivity index (χ2v) is 17.4. The molecule has 0 N–H and O–H groups in total. The fraction of sp³-hybridized carbons (Fsp3) is 0.768. The van der Waals surface area contributed by atoms with Gasteiger partial charge in [-0.25, -0.2) is 0 Å². The van der Waals surface area contributed by atoms with Crippen LogP contribution in [0.1, 0.15) is 258 Å². The Hall–Kier alpha value is -2.89. The maximum atomic E-state index is 12.8. The molecule has 6 heteroatoms. The van der Waals surface area contributed by atoms with Gasteiger partial charge in [0.25, 0.3) is 0 Å². The van der Waals surface area contributed by atoms with Crippen LogP contribution in [0.25, 0.3) is 0 Å². The van der Waals surface area contributed by atoms with Crippen LogP contribution in [0, 0.1) is 0 Å². The zero-order chi connectivity index (χ0) is 45.1. The molecule has 358 valence electrons. The average molecular weight is 867 g/mol. The Balaban J connectivity index is 4.33. The van der Waals surface area contributed by atoms with Crippen LogP contribution in [0.5, 0.6) is 0 Å². The van der Waals surface area contributed by atoms with E-state index in [0.717, 1.165) is 96.3 Å². The zero-order valence-corrected chi connectivity index (χ0v) is 40.9. The molecule has 0 aromatic carbocycles. The zero-order valence-electron chi connectivity index (χ0n) is 40.9. The first-order chi connectivity index (χ1) is 30.5. The molecule has 0 heterocycles. The lowest BCUT2D eigenvalue weighted by Crippen LogP contribution is -2.30. The first-order valence-electron chi connectivity index (χ1n) is 26.3. The van der Waals surface area contributed by atoms with E-state index in [1.165, 1.54) is 122 Å². The average Bonchev–Trinajstić information content (AvgIpc) is 3.27. The second kappa shape index (κ2) is 50.8. The summed E-state index contributed by atoms with van der Waals surface area (Å²) in [5.41, 5.74) is 0. The van der Waals surface area contributed by atoms with Gasteiger partial charge in [-0.1, -0.05) is 216 Å². The Morgan fingerprint density at radius 1 is 0.339 bits per heavy atom. The van der Waals surface area contributed by atoms with Crippen molar-refractivity contribution in [2.45, 2.75) is 264 Å². The monoisotopic (exact) mass is 867 g/mol. The van der Waals surface area contributed by atoms with Crippen molar-refractivity contribution in [3.63, 3.8) is 0 Å². The molecule has 0 fully saturated rings. The van der Waals surface area contributed by atoms with Crippen LogP contribution < -0.4 is 0 Å². The highest BCUT2D eigenvalue weighted by molar-refractivity contribution is 5.71. The summed E-state index contributed by atoms with van der Waals surface area (Å²) in [4.78, 5) is 37.9. The molecule has 0 saturated heterocycles. The van der Waals surface area contributed by atoms with E-state index in [1.807, 2.05) is 0 Å². The van der Waals surface area contributed by atoms with Crippen molar-refractivity contribution in [2.75, 3.05) is 13.2 Å². The number of allylic oxidation sites excluding steroid dienone is 10. The van der Waals surface area contributed by atoms with Crippen molar-refractivity contribution in [3.8, 4) is 0 Å². The number of rotatable bonds is 47. The van der Waals surface area contributed by atoms with Gasteiger partial charge in [0.05, 0.1) is 0 Å². The summed E-state index contributed by atoms with van der Waals surface area (Å²) in [5, 5.41) is 0. The fourth-order valence-corrected chi connectivity index (χ4v) is 7.31. The van der Waals surface area contributed by atoms with E-state index in [1.54, 1.807) is 0 Å². The molecule has 0 saturated carbocycles. The fourth-order valence-electron chi connectivity index (χ4n) is 7.31. The van der Waals surface area contributed by atoms with Crippen LogP contribution in [-0.4, -0.2) is 37.2 Å². The van der Waals surface area contributed by atoms with Crippen LogP contribution >= 0.6 is 0 Å². The highest BCUT2D eigenvalue weighted by atomic mass is 16.6. The minimum absolute atomic E-state index is 0.0795. The largest absolute Gasteiger partial charge is 0.462 e. The van der Waals surface area contributed by atoms with E-state index in [-0.39, 0.29) is 31.1 Å². The van der Waals surface area contributed by atoms with Crippen molar-refractivity contribution in [2.24, 2.45) is 0 Å². The summed E-state index contributed by atoms with van der Waals surface area (Å²) >= 11 is 0. The molecule has 0 spiro atoms. The van der Waals surface area contributed by atoms with Gasteiger partial charge in [0.2, 0.25) is 0 Å². The first-order valence-corrected chi connectivity index (χ1v) is 26.3. The molecule has 62 heavy (non-hydrogen) atoms. The molecule has 0 rings (SSSR count). The van der Waals surface area contributed by atoms with Gasteiger partial charge in [-0.2, -0.15) is 0 Å². The van der Waals surface area contributed by atoms with Crippen molar-refractivity contribution in [3.05, 3.63) is 60.8 Å². The van der Waals surface area contributed by atoms with Gasteiger partial charge in [0.1, 0.15) is 13.2 Å². The van der Waals surface area contributed by atoms with E-state index in [4.69, 9.17) is 14.2 Å². The van der Waals surface area contributed by atoms with Gasteiger partial charge in [-0.15, -0.1) is 0 Å². The molecule has 0 aromatic rings. The highest BCUT2D eigenvalue weighted by Crippen LogP contribution is 2.15. The maximum Gasteiger partial charge on any atom is 0.306 e. The number of carbonyl (C=O) groups excluding carboxylic acids is 3. The van der Waals surface area contributed by atoms with Crippen molar-refractivity contribution in [1.29, 1.82) is 0 Å². The number of carbonyl (C=O) groups is 3. The molecule has 0 bridgehead atoms. The van der Waals surface area contributed by atoms with E-state index in [0.29, 0.717) is 19.3 Å². The Labute approximate surface area is 383 Å². The minimum Gasteiger partial charge on any atom is -0.462 e. The van der Waals surface area contributed by atoms with Gasteiger partial charge in [0.15, 0.2) is 6.10 Å². The van der Waals surface area contributed by atoms with Crippen LogP contribution in [0.4, 0.5) is 0 Å². The van der Waals surface area contributed by atoms with E-state index in [2.05, 4.69) is 81.5 Å². The van der Waals surface area contributed by atoms with Crippen LogP contribution in [0.3, 0.4) is 0 Å². The molecule has 0 aliphatic rings. The van der Waals surface area contributed by atoms with Gasteiger partial charge in [-0.05, 0) is 83.5 Å². The molecule has 0 amide bonds. The SMILES string of the molecule is CC/C=C\C/C=C\C/C=C\CCCCCCCCCC(=O)OC(COC(=O)CCCCCCCCC/C=C\C/C=C\CCCCCC)COC(=O)CCCCCCCCCCC. The number of ether oxygens (including phenoxy) is 3. The second-order valence-electron chi connectivity index (χ2n) is 17.4. The summed E-state index contributed by atoms with van der Waals surface area (Å²) in [7, 11) is 0. The molecular weight excluding hydrogens is 769 g/mol. The Bertz CT molecular complexity index is 1130. The third kappa shape index (κ3) is 48.1. The lowest BCUT2D eigenvalue weighted by molar-refractivity contribution is -0.167. The first kappa shape index (κ1) is 59.1. The van der Waals surface area contributed by atoms with Gasteiger partial charge in [-0.3, -0.25) is 14.4 Å². The molecule has 1 atom stereocenters. The Kier molecular flexibility index (Phi) is 48.4. The van der Waals surface area contributed by atoms with Crippen LogP contribution in [-0.2, 0) is 28.6 Å². The molecular formula is C56H98O6. The van der Waals surface area contributed by atoms with E-state index < -0.39 is 6.10 Å². The molecule has 1 unspecified atom stereocenters. The normalized spacial score (nSPS) is 12.5. The molecule has 6 nitrogen and oxygen atoms in total. The number of esters is 3.